The van der Waals surface area contributed by atoms with Crippen LogP contribution in [0.2, 0.25) is 0 Å². The van der Waals surface area contributed by atoms with E-state index < -0.39 is 0 Å². The minimum atomic E-state index is -0.358. The van der Waals surface area contributed by atoms with Crippen LogP contribution in [0.4, 0.5) is 4.39 Å². The van der Waals surface area contributed by atoms with Crippen molar-refractivity contribution in [1.29, 1.82) is 0 Å². The zero-order valence-electron chi connectivity index (χ0n) is 17.1. The van der Waals surface area contributed by atoms with Crippen LogP contribution in [-0.4, -0.2) is 54.3 Å². The largest absolute Gasteiger partial charge is 0.468 e. The molecule has 3 heterocycles. The van der Waals surface area contributed by atoms with Gasteiger partial charge in [0.1, 0.15) is 11.6 Å². The van der Waals surface area contributed by atoms with Crippen molar-refractivity contribution in [3.05, 3.63) is 59.8 Å². The highest BCUT2D eigenvalue weighted by Crippen LogP contribution is 2.25. The van der Waals surface area contributed by atoms with E-state index in [0.29, 0.717) is 38.0 Å². The molecule has 2 aromatic rings. The fourth-order valence-corrected chi connectivity index (χ4v) is 4.41. The molecular formula is C23H28FN3O3. The predicted molar refractivity (Wildman–Crippen MR) is 110 cm³/mol. The van der Waals surface area contributed by atoms with E-state index in [1.54, 1.807) is 11.2 Å². The lowest BCUT2D eigenvalue weighted by atomic mass is 9.95. The van der Waals surface area contributed by atoms with Crippen LogP contribution in [0.15, 0.2) is 47.1 Å². The Morgan fingerprint density at radius 2 is 1.77 bits per heavy atom. The van der Waals surface area contributed by atoms with Gasteiger partial charge in [-0.2, -0.15) is 0 Å². The molecule has 0 unspecified atom stereocenters. The minimum Gasteiger partial charge on any atom is -0.468 e. The Labute approximate surface area is 176 Å². The van der Waals surface area contributed by atoms with Crippen LogP contribution < -0.4 is 5.32 Å². The van der Waals surface area contributed by atoms with Gasteiger partial charge in [-0.05, 0) is 75.2 Å². The van der Waals surface area contributed by atoms with Gasteiger partial charge >= 0.3 is 0 Å². The molecule has 4 rings (SSSR count). The van der Waals surface area contributed by atoms with Gasteiger partial charge in [-0.25, -0.2) is 4.39 Å². The molecule has 6 nitrogen and oxygen atoms in total. The fraction of sp³-hybridized carbons (Fsp3) is 0.478. The monoisotopic (exact) mass is 413 g/mol. The van der Waals surface area contributed by atoms with E-state index in [2.05, 4.69) is 10.2 Å². The fourth-order valence-electron chi connectivity index (χ4n) is 4.41. The third-order valence-corrected chi connectivity index (χ3v) is 6.17. The molecule has 30 heavy (non-hydrogen) atoms. The summed E-state index contributed by atoms with van der Waals surface area (Å²) in [5.41, 5.74) is 0.478. The zero-order chi connectivity index (χ0) is 20.9. The number of likely N-dealkylation sites (tertiary alicyclic amines) is 2. The molecule has 1 aromatic heterocycles. The molecule has 0 bridgehead atoms. The van der Waals surface area contributed by atoms with E-state index in [0.717, 1.165) is 18.8 Å². The van der Waals surface area contributed by atoms with E-state index in [1.165, 1.54) is 37.1 Å². The highest BCUT2D eigenvalue weighted by Gasteiger charge is 2.30. The molecule has 160 valence electrons. The van der Waals surface area contributed by atoms with E-state index in [9.17, 15) is 14.0 Å². The van der Waals surface area contributed by atoms with Gasteiger partial charge in [0.05, 0.1) is 12.3 Å². The lowest BCUT2D eigenvalue weighted by molar-refractivity contribution is -0.126. The summed E-state index contributed by atoms with van der Waals surface area (Å²) >= 11 is 0. The first-order valence-electron chi connectivity index (χ1n) is 10.7. The first kappa shape index (κ1) is 20.6. The summed E-state index contributed by atoms with van der Waals surface area (Å²) in [7, 11) is 0. The zero-order valence-corrected chi connectivity index (χ0v) is 17.1. The van der Waals surface area contributed by atoms with Crippen molar-refractivity contribution < 1.29 is 18.4 Å². The lowest BCUT2D eigenvalue weighted by Gasteiger charge is -2.32. The lowest BCUT2D eigenvalue weighted by Crippen LogP contribution is -2.44. The number of carbonyl (C=O) groups excluding carboxylic acids is 2. The molecule has 1 N–H and O–H groups in total. The topological polar surface area (TPSA) is 65.8 Å². The number of benzene rings is 1. The molecule has 0 radical (unpaired) electrons. The van der Waals surface area contributed by atoms with Crippen LogP contribution in [0.5, 0.6) is 0 Å². The van der Waals surface area contributed by atoms with Gasteiger partial charge in [-0.3, -0.25) is 14.5 Å². The van der Waals surface area contributed by atoms with Crippen LogP contribution in [0.3, 0.4) is 0 Å². The maximum Gasteiger partial charge on any atom is 0.253 e. The highest BCUT2D eigenvalue weighted by molar-refractivity contribution is 5.94. The van der Waals surface area contributed by atoms with Gasteiger partial charge in [0, 0.05) is 31.1 Å². The van der Waals surface area contributed by atoms with Crippen LogP contribution in [-0.2, 0) is 4.79 Å². The van der Waals surface area contributed by atoms with Crippen molar-refractivity contribution >= 4 is 11.8 Å². The number of carbonyl (C=O) groups is 2. The number of nitrogens with one attached hydrogen (secondary N) is 1. The Morgan fingerprint density at radius 3 is 2.40 bits per heavy atom. The Morgan fingerprint density at radius 1 is 1.07 bits per heavy atom. The molecule has 1 atom stereocenters. The Hall–Kier alpha value is -2.67. The summed E-state index contributed by atoms with van der Waals surface area (Å²) in [5.74, 6) is 0.360. The number of nitrogens with zero attached hydrogens (tertiary/aromatic N) is 2. The van der Waals surface area contributed by atoms with Crippen LogP contribution in [0, 0.1) is 11.7 Å². The molecule has 2 aliphatic heterocycles. The normalized spacial score (nSPS) is 19.0. The van der Waals surface area contributed by atoms with E-state index in [4.69, 9.17) is 4.42 Å². The van der Waals surface area contributed by atoms with E-state index in [1.807, 2.05) is 12.1 Å². The molecule has 2 fully saturated rings. The van der Waals surface area contributed by atoms with Crippen molar-refractivity contribution in [2.75, 3.05) is 32.7 Å². The molecule has 0 aliphatic carbocycles. The first-order valence-corrected chi connectivity index (χ1v) is 10.7. The second-order valence-corrected chi connectivity index (χ2v) is 8.09. The summed E-state index contributed by atoms with van der Waals surface area (Å²) in [5, 5.41) is 3.11. The molecule has 7 heteroatoms. The van der Waals surface area contributed by atoms with Crippen LogP contribution in [0.25, 0.3) is 0 Å². The summed E-state index contributed by atoms with van der Waals surface area (Å²) < 4.78 is 18.7. The van der Waals surface area contributed by atoms with Gasteiger partial charge < -0.3 is 14.6 Å². The Balaban J connectivity index is 1.28. The number of halogens is 1. The summed E-state index contributed by atoms with van der Waals surface area (Å²) in [6.07, 6.45) is 5.29. The van der Waals surface area contributed by atoms with Crippen molar-refractivity contribution in [2.45, 2.75) is 31.7 Å². The maximum atomic E-state index is 13.1. The number of amides is 2. The van der Waals surface area contributed by atoms with Gasteiger partial charge in [-0.15, -0.1) is 0 Å². The van der Waals surface area contributed by atoms with Gasteiger partial charge in [0.2, 0.25) is 5.91 Å². The Bertz CT molecular complexity index is 839. The number of rotatable bonds is 6. The summed E-state index contributed by atoms with van der Waals surface area (Å²) in [6.45, 7) is 3.63. The smallest absolute Gasteiger partial charge is 0.253 e. The van der Waals surface area contributed by atoms with Crippen LogP contribution in [0.1, 0.15) is 47.8 Å². The average molecular weight is 413 g/mol. The van der Waals surface area contributed by atoms with Gasteiger partial charge in [0.25, 0.3) is 5.91 Å². The molecule has 1 aromatic carbocycles. The third-order valence-electron chi connectivity index (χ3n) is 6.17. The molecule has 2 aliphatic rings. The molecule has 2 saturated heterocycles. The van der Waals surface area contributed by atoms with Crippen molar-refractivity contribution in [1.82, 2.24) is 15.1 Å². The third kappa shape index (κ3) is 4.73. The second kappa shape index (κ2) is 9.43. The summed E-state index contributed by atoms with van der Waals surface area (Å²) in [4.78, 5) is 29.4. The molecule has 0 spiro atoms. The number of piperidine rings is 1. The van der Waals surface area contributed by atoms with Gasteiger partial charge in [-0.1, -0.05) is 0 Å². The second-order valence-electron chi connectivity index (χ2n) is 8.09. The van der Waals surface area contributed by atoms with Crippen LogP contribution >= 0.6 is 0 Å². The highest BCUT2D eigenvalue weighted by atomic mass is 19.1. The summed E-state index contributed by atoms with van der Waals surface area (Å²) in [6, 6.07) is 9.51. The van der Waals surface area contributed by atoms with Crippen molar-refractivity contribution in [3.8, 4) is 0 Å². The van der Waals surface area contributed by atoms with E-state index >= 15 is 0 Å². The van der Waals surface area contributed by atoms with E-state index in [-0.39, 0.29) is 29.6 Å². The SMILES string of the molecule is O=C(NC[C@H](c1ccco1)N1CCCC1)C1CCN(C(=O)c2ccc(F)cc2)CC1. The quantitative estimate of drug-likeness (QED) is 0.790. The Kier molecular flexibility index (Phi) is 6.47. The standard InChI is InChI=1S/C23H28FN3O3/c24-19-7-5-18(6-8-19)23(29)27-13-9-17(10-14-27)22(28)25-16-20(21-4-3-15-30-21)26-11-1-2-12-26/h3-8,15,17,20H,1-2,9-14,16H2,(H,25,28)/t20-/m1/s1. The molecular weight excluding hydrogens is 385 g/mol. The minimum absolute atomic E-state index is 0.0413. The first-order chi connectivity index (χ1) is 14.6. The number of hydrogen-bond acceptors (Lipinski definition) is 4. The average Bonchev–Trinajstić information content (AvgIpc) is 3.49. The predicted octanol–water partition coefficient (Wildman–Crippen LogP) is 3.22. The molecule has 0 saturated carbocycles. The van der Waals surface area contributed by atoms with Gasteiger partial charge in [0.15, 0.2) is 0 Å². The maximum absolute atomic E-state index is 13.1. The van der Waals surface area contributed by atoms with Crippen molar-refractivity contribution in [3.63, 3.8) is 0 Å². The number of hydrogen-bond donors (Lipinski definition) is 1. The molecule has 2 amide bonds. The van der Waals surface area contributed by atoms with Crippen molar-refractivity contribution in [2.24, 2.45) is 5.92 Å². The number of furan rings is 1.